The highest BCUT2D eigenvalue weighted by atomic mass is 35.5. The molecule has 4 nitrogen and oxygen atoms in total. The van der Waals surface area contributed by atoms with E-state index in [2.05, 4.69) is 11.9 Å². The van der Waals surface area contributed by atoms with Crippen molar-refractivity contribution in [2.45, 2.75) is 13.3 Å². The number of benzene rings is 2. The molecule has 26 heavy (non-hydrogen) atoms. The minimum absolute atomic E-state index is 0.0675. The summed E-state index contributed by atoms with van der Waals surface area (Å²) in [7, 11) is 1.72. The van der Waals surface area contributed by atoms with Crippen molar-refractivity contribution in [2.75, 3.05) is 13.7 Å². The van der Waals surface area contributed by atoms with Crippen molar-refractivity contribution in [2.24, 2.45) is 4.99 Å². The first-order valence-corrected chi connectivity index (χ1v) is 9.51. The van der Waals surface area contributed by atoms with Gasteiger partial charge in [-0.05, 0) is 60.2 Å². The third kappa shape index (κ3) is 4.48. The molecule has 0 spiro atoms. The predicted molar refractivity (Wildman–Crippen MR) is 109 cm³/mol. The molecule has 0 radical (unpaired) electrons. The molecule has 0 aliphatic carbocycles. The summed E-state index contributed by atoms with van der Waals surface area (Å²) in [5.74, 6) is 0.766. The summed E-state index contributed by atoms with van der Waals surface area (Å²) in [6, 6.07) is 15.0. The van der Waals surface area contributed by atoms with Crippen molar-refractivity contribution in [1.82, 2.24) is 4.90 Å². The minimum Gasteiger partial charge on any atom is -0.494 e. The number of hydrogen-bond donors (Lipinski definition) is 0. The lowest BCUT2D eigenvalue weighted by molar-refractivity contribution is -0.121. The van der Waals surface area contributed by atoms with Gasteiger partial charge in [-0.15, -0.1) is 0 Å². The lowest BCUT2D eigenvalue weighted by Crippen LogP contribution is -2.23. The Kier molecular flexibility index (Phi) is 6.01. The quantitative estimate of drug-likeness (QED) is 0.649. The van der Waals surface area contributed by atoms with Crippen LogP contribution in [0.2, 0.25) is 5.02 Å². The Labute approximate surface area is 162 Å². The summed E-state index contributed by atoms with van der Waals surface area (Å²) >= 11 is 7.35. The van der Waals surface area contributed by atoms with Crippen LogP contribution in [0, 0.1) is 0 Å². The number of carbonyl (C=O) groups is 1. The second-order valence-corrected chi connectivity index (χ2v) is 7.21. The van der Waals surface area contributed by atoms with Crippen LogP contribution in [0.15, 0.2) is 58.4 Å². The van der Waals surface area contributed by atoms with Gasteiger partial charge < -0.3 is 4.74 Å². The van der Waals surface area contributed by atoms with E-state index in [0.29, 0.717) is 21.7 Å². The first-order valence-electron chi connectivity index (χ1n) is 8.31. The molecule has 0 atom stereocenters. The SMILES string of the molecule is CCCOc1ccc(/C=C2/SC(=Nc3cccc(Cl)c3)N(C)C2=O)cc1. The Bertz CT molecular complexity index is 862. The Morgan fingerprint density at radius 1 is 1.23 bits per heavy atom. The smallest absolute Gasteiger partial charge is 0.266 e. The Hall–Kier alpha value is -2.24. The van der Waals surface area contributed by atoms with E-state index in [1.807, 2.05) is 42.5 Å². The second kappa shape index (κ2) is 8.43. The van der Waals surface area contributed by atoms with Crippen molar-refractivity contribution < 1.29 is 9.53 Å². The van der Waals surface area contributed by atoms with Crippen LogP contribution in [0.25, 0.3) is 6.08 Å². The van der Waals surface area contributed by atoms with Gasteiger partial charge in [0.05, 0.1) is 17.2 Å². The number of ether oxygens (including phenoxy) is 1. The van der Waals surface area contributed by atoms with Gasteiger partial charge >= 0.3 is 0 Å². The molecule has 1 aliphatic rings. The zero-order valence-corrected chi connectivity index (χ0v) is 16.2. The van der Waals surface area contributed by atoms with Gasteiger partial charge in [-0.2, -0.15) is 0 Å². The summed E-state index contributed by atoms with van der Waals surface area (Å²) in [5.41, 5.74) is 1.67. The van der Waals surface area contributed by atoms with E-state index in [9.17, 15) is 4.79 Å². The molecule has 1 aliphatic heterocycles. The number of amides is 1. The molecule has 0 aromatic heterocycles. The Morgan fingerprint density at radius 2 is 2.00 bits per heavy atom. The maximum Gasteiger partial charge on any atom is 0.266 e. The van der Waals surface area contributed by atoms with Crippen molar-refractivity contribution >= 4 is 46.2 Å². The number of aliphatic imine (C=N–C) groups is 1. The van der Waals surface area contributed by atoms with E-state index in [4.69, 9.17) is 16.3 Å². The fourth-order valence-corrected chi connectivity index (χ4v) is 3.51. The highest BCUT2D eigenvalue weighted by Crippen LogP contribution is 2.33. The number of thioether (sulfide) groups is 1. The van der Waals surface area contributed by atoms with Gasteiger partial charge in [0.1, 0.15) is 5.75 Å². The van der Waals surface area contributed by atoms with E-state index in [1.165, 1.54) is 11.8 Å². The third-order valence-corrected chi connectivity index (χ3v) is 4.98. The average Bonchev–Trinajstić information content (AvgIpc) is 2.89. The number of hydrogen-bond acceptors (Lipinski definition) is 4. The molecule has 1 saturated heterocycles. The molecule has 2 aromatic carbocycles. The normalized spacial score (nSPS) is 17.3. The molecule has 2 aromatic rings. The van der Waals surface area contributed by atoms with Crippen molar-refractivity contribution in [3.63, 3.8) is 0 Å². The maximum atomic E-state index is 12.5. The topological polar surface area (TPSA) is 41.9 Å². The number of halogens is 1. The van der Waals surface area contributed by atoms with Gasteiger partial charge in [0.15, 0.2) is 5.17 Å². The van der Waals surface area contributed by atoms with E-state index in [-0.39, 0.29) is 5.91 Å². The van der Waals surface area contributed by atoms with Crippen LogP contribution >= 0.6 is 23.4 Å². The molecule has 0 bridgehead atoms. The molecule has 0 saturated carbocycles. The van der Waals surface area contributed by atoms with Crippen LogP contribution in [0.1, 0.15) is 18.9 Å². The van der Waals surface area contributed by atoms with Gasteiger partial charge in [0.25, 0.3) is 5.91 Å². The van der Waals surface area contributed by atoms with Gasteiger partial charge in [-0.25, -0.2) is 4.99 Å². The Morgan fingerprint density at radius 3 is 2.69 bits per heavy atom. The van der Waals surface area contributed by atoms with E-state index in [0.717, 1.165) is 23.4 Å². The van der Waals surface area contributed by atoms with Crippen LogP contribution in [0.5, 0.6) is 5.75 Å². The highest BCUT2D eigenvalue weighted by Gasteiger charge is 2.30. The third-order valence-electron chi connectivity index (χ3n) is 3.69. The number of carbonyl (C=O) groups excluding carboxylic acids is 1. The molecule has 1 fully saturated rings. The summed E-state index contributed by atoms with van der Waals surface area (Å²) in [6.07, 6.45) is 2.84. The standard InChI is InChI=1S/C20H19ClN2O2S/c1-3-11-25-17-9-7-14(8-10-17)12-18-19(24)23(2)20(26-18)22-16-6-4-5-15(21)13-16/h4-10,12-13H,3,11H2,1-2H3/b18-12+,22-20?. The lowest BCUT2D eigenvalue weighted by atomic mass is 10.2. The van der Waals surface area contributed by atoms with Crippen molar-refractivity contribution in [3.05, 3.63) is 64.0 Å². The summed E-state index contributed by atoms with van der Waals surface area (Å²) < 4.78 is 5.58. The minimum atomic E-state index is -0.0675. The number of rotatable bonds is 5. The molecular weight excluding hydrogens is 368 g/mol. The van der Waals surface area contributed by atoms with Crippen molar-refractivity contribution in [1.29, 1.82) is 0 Å². The maximum absolute atomic E-state index is 12.5. The zero-order valence-electron chi connectivity index (χ0n) is 14.6. The second-order valence-electron chi connectivity index (χ2n) is 5.77. The van der Waals surface area contributed by atoms with Gasteiger partial charge in [0.2, 0.25) is 0 Å². The molecule has 1 amide bonds. The number of amidine groups is 1. The van der Waals surface area contributed by atoms with E-state index >= 15 is 0 Å². The molecule has 0 unspecified atom stereocenters. The highest BCUT2D eigenvalue weighted by molar-refractivity contribution is 8.18. The van der Waals surface area contributed by atoms with E-state index in [1.54, 1.807) is 24.1 Å². The summed E-state index contributed by atoms with van der Waals surface area (Å²) in [6.45, 7) is 2.77. The first kappa shape index (κ1) is 18.5. The molecular formula is C20H19ClN2O2S. The van der Waals surface area contributed by atoms with Crippen LogP contribution in [0.4, 0.5) is 5.69 Å². The van der Waals surface area contributed by atoms with Crippen LogP contribution in [-0.4, -0.2) is 29.6 Å². The number of likely N-dealkylation sites (N-methyl/N-ethyl adjacent to an activating group) is 1. The van der Waals surface area contributed by atoms with E-state index < -0.39 is 0 Å². The van der Waals surface area contributed by atoms with Crippen molar-refractivity contribution in [3.8, 4) is 5.75 Å². The lowest BCUT2D eigenvalue weighted by Gasteiger charge is -2.07. The molecule has 0 N–H and O–H groups in total. The molecule has 134 valence electrons. The molecule has 6 heteroatoms. The molecule has 3 rings (SSSR count). The fourth-order valence-electron chi connectivity index (χ4n) is 2.34. The Balaban J connectivity index is 1.78. The number of nitrogens with zero attached hydrogens (tertiary/aromatic N) is 2. The largest absolute Gasteiger partial charge is 0.494 e. The first-order chi connectivity index (χ1) is 12.6. The van der Waals surface area contributed by atoms with Gasteiger partial charge in [-0.3, -0.25) is 9.69 Å². The monoisotopic (exact) mass is 386 g/mol. The van der Waals surface area contributed by atoms with Crippen LogP contribution in [-0.2, 0) is 4.79 Å². The average molecular weight is 387 g/mol. The van der Waals surface area contributed by atoms with Crippen LogP contribution < -0.4 is 4.74 Å². The summed E-state index contributed by atoms with van der Waals surface area (Å²) in [4.78, 5) is 19.2. The van der Waals surface area contributed by atoms with Gasteiger partial charge in [0, 0.05) is 12.1 Å². The summed E-state index contributed by atoms with van der Waals surface area (Å²) in [5, 5.41) is 1.25. The predicted octanol–water partition coefficient (Wildman–Crippen LogP) is 5.36. The van der Waals surface area contributed by atoms with Crippen LogP contribution in [0.3, 0.4) is 0 Å². The molecule has 1 heterocycles. The fraction of sp³-hybridized carbons (Fsp3) is 0.200. The van der Waals surface area contributed by atoms with Gasteiger partial charge in [-0.1, -0.05) is 36.7 Å². The zero-order chi connectivity index (χ0) is 18.5.